The maximum atomic E-state index is 8.73. The molecule has 0 aliphatic rings. The molecule has 0 amide bonds. The molecule has 0 fully saturated rings. The van der Waals surface area contributed by atoms with Crippen LogP contribution >= 0.6 is 0 Å². The minimum absolute atomic E-state index is 0.560. The van der Waals surface area contributed by atoms with E-state index in [1.807, 2.05) is 42.5 Å². The van der Waals surface area contributed by atoms with Crippen molar-refractivity contribution in [3.8, 4) is 16.9 Å². The van der Waals surface area contributed by atoms with Crippen LogP contribution in [0.25, 0.3) is 27.6 Å². The molecule has 94 valence electrons. The predicted octanol–water partition coefficient (Wildman–Crippen LogP) is 4.95. The Morgan fingerprint density at radius 1 is 1.16 bits per heavy atom. The lowest BCUT2D eigenvalue weighted by Crippen LogP contribution is -1.88. The first-order valence-electron chi connectivity index (χ1n) is 5.75. The Balaban J connectivity index is 2.74. The third-order valence-electron chi connectivity index (χ3n) is 2.83. The molecule has 2 aromatic carbocycles. The molecule has 4 heteroatoms. The van der Waals surface area contributed by atoms with Gasteiger partial charge in [0, 0.05) is 10.5 Å². The van der Waals surface area contributed by atoms with Gasteiger partial charge in [0.25, 0.3) is 0 Å². The van der Waals surface area contributed by atoms with E-state index in [-0.39, 0.29) is 0 Å². The second kappa shape index (κ2) is 5.76. The maximum absolute atomic E-state index is 8.73. The fourth-order valence-corrected chi connectivity index (χ4v) is 1.97. The number of para-hydroxylation sites is 1. The molecule has 0 atom stereocenters. The van der Waals surface area contributed by atoms with Crippen molar-refractivity contribution in [2.24, 2.45) is 5.11 Å². The Kier molecular flexibility index (Phi) is 3.86. The van der Waals surface area contributed by atoms with Crippen molar-refractivity contribution in [3.63, 3.8) is 0 Å². The van der Waals surface area contributed by atoms with Crippen LogP contribution in [0, 0.1) is 0 Å². The van der Waals surface area contributed by atoms with Gasteiger partial charge in [-0.2, -0.15) is 0 Å². The number of hydrogen-bond acceptors (Lipinski definition) is 2. The van der Waals surface area contributed by atoms with Gasteiger partial charge in [-0.05, 0) is 22.7 Å². The van der Waals surface area contributed by atoms with Crippen molar-refractivity contribution in [3.05, 3.63) is 65.0 Å². The van der Waals surface area contributed by atoms with E-state index >= 15 is 0 Å². The first-order chi connectivity index (χ1) is 9.31. The van der Waals surface area contributed by atoms with Crippen molar-refractivity contribution in [2.45, 2.75) is 0 Å². The summed E-state index contributed by atoms with van der Waals surface area (Å²) in [7, 11) is 1.61. The third kappa shape index (κ3) is 2.44. The van der Waals surface area contributed by atoms with Gasteiger partial charge in [-0.15, -0.1) is 0 Å². The number of hydrogen-bond donors (Lipinski definition) is 0. The van der Waals surface area contributed by atoms with Crippen LogP contribution in [0.15, 0.2) is 54.2 Å². The van der Waals surface area contributed by atoms with E-state index in [0.29, 0.717) is 5.69 Å². The summed E-state index contributed by atoms with van der Waals surface area (Å²) in [4.78, 5) is 2.89. The van der Waals surface area contributed by atoms with Crippen LogP contribution in [-0.2, 0) is 0 Å². The maximum Gasteiger partial charge on any atom is 0.126 e. The van der Waals surface area contributed by atoms with Crippen LogP contribution in [0.4, 0.5) is 5.69 Å². The molecule has 4 nitrogen and oxygen atoms in total. The molecule has 0 saturated carbocycles. The standard InChI is InChI=1S/C15H13N3O/c1-3-11-7-6-9-13(15(11)17-18-16)12-8-4-5-10-14(12)19-2/h3-10H,1H2,2H3. The first kappa shape index (κ1) is 12.7. The highest BCUT2D eigenvalue weighted by Crippen LogP contribution is 2.38. The molecule has 0 aliphatic carbocycles. The summed E-state index contributed by atoms with van der Waals surface area (Å²) in [6.45, 7) is 3.74. The lowest BCUT2D eigenvalue weighted by molar-refractivity contribution is 0.416. The average Bonchev–Trinajstić information content (AvgIpc) is 2.47. The topological polar surface area (TPSA) is 58.0 Å². The summed E-state index contributed by atoms with van der Waals surface area (Å²) >= 11 is 0. The third-order valence-corrected chi connectivity index (χ3v) is 2.83. The van der Waals surface area contributed by atoms with E-state index in [1.165, 1.54) is 0 Å². The van der Waals surface area contributed by atoms with E-state index in [4.69, 9.17) is 10.3 Å². The normalized spacial score (nSPS) is 9.53. The van der Waals surface area contributed by atoms with Gasteiger partial charge in [-0.1, -0.05) is 54.2 Å². The monoisotopic (exact) mass is 251 g/mol. The molecule has 2 rings (SSSR count). The molecule has 2 aromatic rings. The fourth-order valence-electron chi connectivity index (χ4n) is 1.97. The van der Waals surface area contributed by atoms with E-state index in [0.717, 1.165) is 22.4 Å². The number of rotatable bonds is 4. The largest absolute Gasteiger partial charge is 0.496 e. The molecular formula is C15H13N3O. The smallest absolute Gasteiger partial charge is 0.126 e. The lowest BCUT2D eigenvalue weighted by atomic mass is 9.99. The molecule has 0 saturated heterocycles. The fraction of sp³-hybridized carbons (Fsp3) is 0.0667. The molecule has 0 aromatic heterocycles. The summed E-state index contributed by atoms with van der Waals surface area (Å²) in [5, 5.41) is 3.78. The highest BCUT2D eigenvalue weighted by atomic mass is 16.5. The number of benzene rings is 2. The van der Waals surface area contributed by atoms with Crippen LogP contribution in [0.1, 0.15) is 5.56 Å². The Hall–Kier alpha value is -2.71. The summed E-state index contributed by atoms with van der Waals surface area (Å²) in [5.74, 6) is 0.734. The zero-order valence-corrected chi connectivity index (χ0v) is 10.6. The van der Waals surface area contributed by atoms with Crippen LogP contribution in [0.2, 0.25) is 0 Å². The van der Waals surface area contributed by atoms with Crippen LogP contribution in [-0.4, -0.2) is 7.11 Å². The van der Waals surface area contributed by atoms with Crippen molar-refractivity contribution < 1.29 is 4.74 Å². The van der Waals surface area contributed by atoms with Gasteiger partial charge < -0.3 is 4.74 Å². The van der Waals surface area contributed by atoms with Gasteiger partial charge in [-0.3, -0.25) is 0 Å². The molecule has 19 heavy (non-hydrogen) atoms. The quantitative estimate of drug-likeness (QED) is 0.431. The van der Waals surface area contributed by atoms with Crippen molar-refractivity contribution in [2.75, 3.05) is 7.11 Å². The van der Waals surface area contributed by atoms with Gasteiger partial charge in [0.2, 0.25) is 0 Å². The summed E-state index contributed by atoms with van der Waals surface area (Å²) in [6, 6.07) is 13.3. The molecule has 0 N–H and O–H groups in total. The highest BCUT2D eigenvalue weighted by molar-refractivity contribution is 5.85. The lowest BCUT2D eigenvalue weighted by Gasteiger charge is -2.12. The zero-order valence-electron chi connectivity index (χ0n) is 10.6. The summed E-state index contributed by atoms with van der Waals surface area (Å²) in [5.41, 5.74) is 11.8. The highest BCUT2D eigenvalue weighted by Gasteiger charge is 2.10. The first-order valence-corrected chi connectivity index (χ1v) is 5.75. The minimum atomic E-state index is 0.560. The van der Waals surface area contributed by atoms with Gasteiger partial charge in [0.15, 0.2) is 0 Å². The molecule has 0 radical (unpaired) electrons. The Bertz CT molecular complexity index is 658. The Labute approximate surface area is 111 Å². The van der Waals surface area contributed by atoms with Crippen LogP contribution in [0.3, 0.4) is 0 Å². The minimum Gasteiger partial charge on any atom is -0.496 e. The van der Waals surface area contributed by atoms with Crippen LogP contribution < -0.4 is 4.74 Å². The Morgan fingerprint density at radius 3 is 2.58 bits per heavy atom. The molecule has 0 bridgehead atoms. The van der Waals surface area contributed by atoms with Crippen molar-refractivity contribution >= 4 is 11.8 Å². The predicted molar refractivity (Wildman–Crippen MR) is 77.3 cm³/mol. The summed E-state index contributed by atoms with van der Waals surface area (Å²) in [6.07, 6.45) is 1.67. The van der Waals surface area contributed by atoms with E-state index in [1.54, 1.807) is 13.2 Å². The van der Waals surface area contributed by atoms with Gasteiger partial charge >= 0.3 is 0 Å². The van der Waals surface area contributed by atoms with Crippen molar-refractivity contribution in [1.29, 1.82) is 0 Å². The number of ether oxygens (including phenoxy) is 1. The number of azide groups is 1. The molecule has 0 spiro atoms. The molecule has 0 unspecified atom stereocenters. The average molecular weight is 251 g/mol. The zero-order chi connectivity index (χ0) is 13.7. The Morgan fingerprint density at radius 2 is 1.89 bits per heavy atom. The van der Waals surface area contributed by atoms with Crippen molar-refractivity contribution in [1.82, 2.24) is 0 Å². The molecule has 0 heterocycles. The van der Waals surface area contributed by atoms with E-state index in [9.17, 15) is 0 Å². The van der Waals surface area contributed by atoms with Crippen LogP contribution in [0.5, 0.6) is 5.75 Å². The SMILES string of the molecule is C=Cc1cccc(-c2ccccc2OC)c1N=[N+]=[N-]. The number of nitrogens with zero attached hydrogens (tertiary/aromatic N) is 3. The van der Waals surface area contributed by atoms with E-state index in [2.05, 4.69) is 16.6 Å². The van der Waals surface area contributed by atoms with E-state index < -0.39 is 0 Å². The molecular weight excluding hydrogens is 238 g/mol. The van der Waals surface area contributed by atoms with Gasteiger partial charge in [0.1, 0.15) is 5.75 Å². The molecule has 0 aliphatic heterocycles. The van der Waals surface area contributed by atoms with Gasteiger partial charge in [-0.25, -0.2) is 0 Å². The second-order valence-electron chi connectivity index (χ2n) is 3.84. The second-order valence-corrected chi connectivity index (χ2v) is 3.84. The summed E-state index contributed by atoms with van der Waals surface area (Å²) < 4.78 is 5.35. The van der Waals surface area contributed by atoms with Gasteiger partial charge in [0.05, 0.1) is 12.8 Å². The number of methoxy groups -OCH3 is 1.